The molecule has 1 N–H and O–H groups in total. The van der Waals surface area contributed by atoms with Crippen molar-refractivity contribution in [1.82, 2.24) is 15.2 Å². The summed E-state index contributed by atoms with van der Waals surface area (Å²) < 4.78 is 0. The highest BCUT2D eigenvalue weighted by molar-refractivity contribution is 5.73. The summed E-state index contributed by atoms with van der Waals surface area (Å²) in [6.45, 7) is 5.39. The molecule has 0 aliphatic carbocycles. The smallest absolute Gasteiger partial charge is 0.219 e. The molecule has 1 amide bonds. The van der Waals surface area contributed by atoms with Gasteiger partial charge in [-0.2, -0.15) is 0 Å². The maximum atomic E-state index is 12.2. The highest BCUT2D eigenvalue weighted by Crippen LogP contribution is 2.22. The molecule has 25 heavy (non-hydrogen) atoms. The number of hydrogen-bond donors (Lipinski definition) is 1. The molecule has 0 bridgehead atoms. The normalized spacial score (nSPS) is 20.5. The number of nitrogens with zero attached hydrogens (tertiary/aromatic N) is 2. The van der Waals surface area contributed by atoms with Crippen LogP contribution in [0, 0.1) is 6.92 Å². The van der Waals surface area contributed by atoms with E-state index in [1.165, 1.54) is 11.1 Å². The number of amides is 1. The van der Waals surface area contributed by atoms with Crippen LogP contribution in [-0.2, 0) is 17.8 Å². The summed E-state index contributed by atoms with van der Waals surface area (Å²) in [5, 5.41) is 3.65. The fourth-order valence-electron chi connectivity index (χ4n) is 3.76. The minimum atomic E-state index is 0.169. The number of nitrogens with one attached hydrogen (secondary N) is 1. The first-order valence-electron chi connectivity index (χ1n) is 9.09. The van der Waals surface area contributed by atoms with Crippen molar-refractivity contribution in [2.24, 2.45) is 0 Å². The van der Waals surface area contributed by atoms with Crippen molar-refractivity contribution in [3.05, 3.63) is 65.5 Å². The van der Waals surface area contributed by atoms with E-state index in [9.17, 15) is 4.79 Å². The third-order valence-corrected chi connectivity index (χ3v) is 4.98. The van der Waals surface area contributed by atoms with Gasteiger partial charge in [0.2, 0.25) is 5.91 Å². The number of aromatic nitrogens is 1. The summed E-state index contributed by atoms with van der Waals surface area (Å²) in [5.41, 5.74) is 3.60. The molecular formula is C21H27N3O. The second-order valence-electron chi connectivity index (χ2n) is 6.92. The van der Waals surface area contributed by atoms with E-state index in [2.05, 4.69) is 41.5 Å². The Bertz CT molecular complexity index is 701. The molecule has 4 heteroatoms. The molecule has 4 nitrogen and oxygen atoms in total. The number of carbonyl (C=O) groups is 1. The van der Waals surface area contributed by atoms with Crippen molar-refractivity contribution in [3.8, 4) is 0 Å². The summed E-state index contributed by atoms with van der Waals surface area (Å²) in [5.74, 6) is 0.169. The van der Waals surface area contributed by atoms with E-state index in [1.54, 1.807) is 6.92 Å². The van der Waals surface area contributed by atoms with Crippen molar-refractivity contribution in [3.63, 3.8) is 0 Å². The lowest BCUT2D eigenvalue weighted by Crippen LogP contribution is -2.56. The van der Waals surface area contributed by atoms with E-state index in [1.807, 2.05) is 29.3 Å². The van der Waals surface area contributed by atoms with E-state index in [0.717, 1.165) is 38.0 Å². The SMILES string of the molecule is CC(=O)N1CCC[C@H](NCc2ccccn2)[C@@H]1Cc1cccc(C)c1. The number of likely N-dealkylation sites (tertiary alicyclic amines) is 1. The fraction of sp³-hybridized carbons (Fsp3) is 0.429. The average molecular weight is 337 g/mol. The van der Waals surface area contributed by atoms with Crippen LogP contribution < -0.4 is 5.32 Å². The molecule has 2 heterocycles. The van der Waals surface area contributed by atoms with Crippen LogP contribution in [0.5, 0.6) is 0 Å². The Morgan fingerprint density at radius 3 is 2.88 bits per heavy atom. The van der Waals surface area contributed by atoms with Crippen molar-refractivity contribution in [2.75, 3.05) is 6.54 Å². The second-order valence-corrected chi connectivity index (χ2v) is 6.92. The Balaban J connectivity index is 1.75. The molecule has 132 valence electrons. The van der Waals surface area contributed by atoms with Gasteiger partial charge in [-0.15, -0.1) is 0 Å². The van der Waals surface area contributed by atoms with Gasteiger partial charge in [0.1, 0.15) is 0 Å². The van der Waals surface area contributed by atoms with Crippen molar-refractivity contribution >= 4 is 5.91 Å². The molecule has 1 aliphatic rings. The Labute approximate surface area is 150 Å². The third-order valence-electron chi connectivity index (χ3n) is 4.98. The lowest BCUT2D eigenvalue weighted by molar-refractivity contribution is -0.133. The van der Waals surface area contributed by atoms with Crippen molar-refractivity contribution in [2.45, 2.75) is 51.7 Å². The standard InChI is InChI=1S/C21H27N3O/c1-16-7-5-8-18(13-16)14-21-20(10-6-12-24(21)17(2)25)23-15-19-9-3-4-11-22-19/h3-5,7-9,11,13,20-21,23H,6,10,12,14-15H2,1-2H3/t20-,21-/m0/s1. The molecule has 2 atom stereocenters. The minimum absolute atomic E-state index is 0.169. The highest BCUT2D eigenvalue weighted by Gasteiger charge is 2.32. The van der Waals surface area contributed by atoms with Gasteiger partial charge in [-0.3, -0.25) is 9.78 Å². The molecule has 0 radical (unpaired) electrons. The largest absolute Gasteiger partial charge is 0.338 e. The molecule has 3 rings (SSSR count). The van der Waals surface area contributed by atoms with Crippen LogP contribution in [0.1, 0.15) is 36.6 Å². The maximum Gasteiger partial charge on any atom is 0.219 e. The number of hydrogen-bond acceptors (Lipinski definition) is 3. The number of rotatable bonds is 5. The first-order valence-corrected chi connectivity index (χ1v) is 9.09. The van der Waals surface area contributed by atoms with Gasteiger partial charge >= 0.3 is 0 Å². The first-order chi connectivity index (χ1) is 12.1. The molecular weight excluding hydrogens is 310 g/mol. The molecule has 1 fully saturated rings. The highest BCUT2D eigenvalue weighted by atomic mass is 16.2. The lowest BCUT2D eigenvalue weighted by Gasteiger charge is -2.41. The van der Waals surface area contributed by atoms with Crippen LogP contribution >= 0.6 is 0 Å². The summed E-state index contributed by atoms with van der Waals surface area (Å²) in [7, 11) is 0. The quantitative estimate of drug-likeness (QED) is 0.912. The van der Waals surface area contributed by atoms with Gasteiger partial charge in [-0.25, -0.2) is 0 Å². The molecule has 1 aliphatic heterocycles. The van der Waals surface area contributed by atoms with Crippen LogP contribution in [0.4, 0.5) is 0 Å². The van der Waals surface area contributed by atoms with Gasteiger partial charge in [-0.1, -0.05) is 35.9 Å². The van der Waals surface area contributed by atoms with E-state index in [0.29, 0.717) is 6.04 Å². The predicted molar refractivity (Wildman–Crippen MR) is 100 cm³/mol. The number of piperidine rings is 1. The van der Waals surface area contributed by atoms with Gasteiger partial charge < -0.3 is 10.2 Å². The Morgan fingerprint density at radius 1 is 1.28 bits per heavy atom. The summed E-state index contributed by atoms with van der Waals surface area (Å²) in [4.78, 5) is 18.6. The number of carbonyl (C=O) groups excluding carboxylic acids is 1. The van der Waals surface area contributed by atoms with E-state index in [-0.39, 0.29) is 11.9 Å². The van der Waals surface area contributed by atoms with Crippen LogP contribution in [0.25, 0.3) is 0 Å². The molecule has 1 aromatic carbocycles. The molecule has 1 saturated heterocycles. The fourth-order valence-corrected chi connectivity index (χ4v) is 3.76. The van der Waals surface area contributed by atoms with Crippen molar-refractivity contribution in [1.29, 1.82) is 0 Å². The molecule has 0 saturated carbocycles. The van der Waals surface area contributed by atoms with Crippen LogP contribution in [-0.4, -0.2) is 34.4 Å². The summed E-state index contributed by atoms with van der Waals surface area (Å²) in [6, 6.07) is 15.1. The van der Waals surface area contributed by atoms with Gasteiger partial charge in [0.05, 0.1) is 11.7 Å². The first kappa shape index (κ1) is 17.6. The summed E-state index contributed by atoms with van der Waals surface area (Å²) >= 11 is 0. The zero-order valence-corrected chi connectivity index (χ0v) is 15.1. The van der Waals surface area contributed by atoms with E-state index >= 15 is 0 Å². The lowest BCUT2D eigenvalue weighted by atomic mass is 9.90. The predicted octanol–water partition coefficient (Wildman–Crippen LogP) is 3.10. The molecule has 0 unspecified atom stereocenters. The van der Waals surface area contributed by atoms with Crippen LogP contribution in [0.3, 0.4) is 0 Å². The zero-order chi connectivity index (χ0) is 17.6. The number of benzene rings is 1. The van der Waals surface area contributed by atoms with Gasteiger partial charge in [0.15, 0.2) is 0 Å². The maximum absolute atomic E-state index is 12.2. The van der Waals surface area contributed by atoms with Crippen LogP contribution in [0.2, 0.25) is 0 Å². The second kappa shape index (κ2) is 8.26. The zero-order valence-electron chi connectivity index (χ0n) is 15.1. The Kier molecular flexibility index (Phi) is 5.82. The van der Waals surface area contributed by atoms with Gasteiger partial charge in [-0.05, 0) is 43.9 Å². The minimum Gasteiger partial charge on any atom is -0.338 e. The molecule has 1 aromatic heterocycles. The van der Waals surface area contributed by atoms with Gasteiger partial charge in [0.25, 0.3) is 0 Å². The Morgan fingerprint density at radius 2 is 2.16 bits per heavy atom. The van der Waals surface area contributed by atoms with Crippen molar-refractivity contribution < 1.29 is 4.79 Å². The van der Waals surface area contributed by atoms with E-state index in [4.69, 9.17) is 0 Å². The Hall–Kier alpha value is -2.20. The monoisotopic (exact) mass is 337 g/mol. The van der Waals surface area contributed by atoms with Gasteiger partial charge in [0, 0.05) is 32.3 Å². The van der Waals surface area contributed by atoms with E-state index < -0.39 is 0 Å². The third kappa shape index (κ3) is 4.67. The number of pyridine rings is 1. The number of aryl methyl sites for hydroxylation is 1. The molecule has 2 aromatic rings. The molecule has 0 spiro atoms. The average Bonchev–Trinajstić information content (AvgIpc) is 2.61. The topological polar surface area (TPSA) is 45.2 Å². The van der Waals surface area contributed by atoms with Crippen LogP contribution in [0.15, 0.2) is 48.7 Å². The summed E-state index contributed by atoms with van der Waals surface area (Å²) in [6.07, 6.45) is 4.85.